The van der Waals surface area contributed by atoms with Gasteiger partial charge >= 0.3 is 6.18 Å². The van der Waals surface area contributed by atoms with E-state index in [1.807, 2.05) is 0 Å². The Hall–Kier alpha value is -2.50. The van der Waals surface area contributed by atoms with E-state index < -0.39 is 34.4 Å². The van der Waals surface area contributed by atoms with E-state index in [1.165, 1.54) is 30.3 Å². The molecule has 0 bridgehead atoms. The highest BCUT2D eigenvalue weighted by molar-refractivity contribution is 7.84. The maximum Gasteiger partial charge on any atom is 0.419 e. The quantitative estimate of drug-likeness (QED) is 0.326. The van der Waals surface area contributed by atoms with Gasteiger partial charge in [0.05, 0.1) is 16.4 Å². The number of likely N-dealkylation sites (tertiary alicyclic amines) is 1. The van der Waals surface area contributed by atoms with Crippen LogP contribution in [0.25, 0.3) is 0 Å². The lowest BCUT2D eigenvalue weighted by molar-refractivity contribution is -0.139. The maximum atomic E-state index is 15.0. The van der Waals surface area contributed by atoms with E-state index in [0.29, 0.717) is 45.3 Å². The first kappa shape index (κ1) is 26.1. The molecule has 0 aromatic heterocycles. The molecule has 2 aliphatic carbocycles. The number of amides is 1. The third-order valence-electron chi connectivity index (χ3n) is 7.03. The number of benzene rings is 2. The molecular formula is C26H27F4N2O4S-. The Balaban J connectivity index is 1.24. The van der Waals surface area contributed by atoms with E-state index in [2.05, 4.69) is 4.90 Å². The highest BCUT2D eigenvalue weighted by atomic mass is 32.2. The molecule has 1 unspecified atom stereocenters. The number of para-hydroxylation sites is 1. The van der Waals surface area contributed by atoms with Crippen molar-refractivity contribution in [2.24, 2.45) is 0 Å². The van der Waals surface area contributed by atoms with Crippen LogP contribution in [0.15, 0.2) is 36.4 Å². The normalized spacial score (nSPS) is 20.0. The van der Waals surface area contributed by atoms with Gasteiger partial charge in [0.15, 0.2) is 0 Å². The van der Waals surface area contributed by atoms with Crippen LogP contribution in [-0.4, -0.2) is 43.9 Å². The van der Waals surface area contributed by atoms with Gasteiger partial charge in [-0.05, 0) is 79.8 Å². The molecule has 3 aliphatic rings. The summed E-state index contributed by atoms with van der Waals surface area (Å²) in [5, 5.41) is 11.9. The lowest BCUT2D eigenvalue weighted by Gasteiger charge is -2.33. The second-order valence-electron chi connectivity index (χ2n) is 9.93. The van der Waals surface area contributed by atoms with Crippen molar-refractivity contribution < 1.29 is 31.3 Å². The molecule has 0 radical (unpaired) electrons. The molecule has 1 aliphatic heterocycles. The smallest absolute Gasteiger partial charge is 0.419 e. The molecule has 1 atom stereocenters. The molecule has 2 aromatic rings. The summed E-state index contributed by atoms with van der Waals surface area (Å²) >= 11 is 0. The van der Waals surface area contributed by atoms with Gasteiger partial charge in [0.2, 0.25) is 0 Å². The van der Waals surface area contributed by atoms with Crippen molar-refractivity contribution in [3.63, 3.8) is 0 Å². The van der Waals surface area contributed by atoms with Gasteiger partial charge in [-0.15, -0.1) is 0 Å². The lowest BCUT2D eigenvalue weighted by atomic mass is 9.97. The standard InChI is InChI=1S/C26H27F4N2O4S/c27-23-13-17(20(16-5-6-16)14-21(23)25(33)32(34)37(35)19-7-8-19)15-31-11-9-18(10-12-31)36-24-4-2-1-3-22(24)26(28,29)30/h1-4,13-14,16,18-19H,5-12,15H2/q-1. The maximum absolute atomic E-state index is 15.0. The van der Waals surface area contributed by atoms with Crippen LogP contribution in [-0.2, 0) is 23.7 Å². The lowest BCUT2D eigenvalue weighted by Crippen LogP contribution is -2.38. The average molecular weight is 540 g/mol. The molecule has 1 heterocycles. The van der Waals surface area contributed by atoms with Gasteiger partial charge < -0.3 is 14.4 Å². The van der Waals surface area contributed by atoms with Crippen molar-refractivity contribution in [1.29, 1.82) is 0 Å². The predicted octanol–water partition coefficient (Wildman–Crippen LogP) is 5.53. The van der Waals surface area contributed by atoms with Crippen LogP contribution < -0.4 is 4.74 Å². The molecule has 3 fully saturated rings. The molecule has 1 saturated heterocycles. The van der Waals surface area contributed by atoms with Crippen molar-refractivity contribution >= 4 is 16.9 Å². The molecule has 11 heteroatoms. The number of carbonyl (C=O) groups excluding carboxylic acids is 1. The minimum Gasteiger partial charge on any atom is -0.744 e. The third-order valence-corrected chi connectivity index (χ3v) is 8.56. The number of hydrogen-bond donors (Lipinski definition) is 0. The molecular weight excluding hydrogens is 512 g/mol. The van der Waals surface area contributed by atoms with E-state index in [4.69, 9.17) is 4.74 Å². The molecule has 2 saturated carbocycles. The Labute approximate surface area is 214 Å². The minimum absolute atomic E-state index is 0.103. The van der Waals surface area contributed by atoms with E-state index in [9.17, 15) is 31.8 Å². The summed E-state index contributed by atoms with van der Waals surface area (Å²) in [4.78, 5) is 14.7. The van der Waals surface area contributed by atoms with Gasteiger partial charge in [-0.25, -0.2) is 8.60 Å². The molecule has 5 rings (SSSR count). The first-order chi connectivity index (χ1) is 17.6. The fraction of sp³-hybridized carbons (Fsp3) is 0.500. The Morgan fingerprint density at radius 2 is 1.76 bits per heavy atom. The Morgan fingerprint density at radius 1 is 1.08 bits per heavy atom. The Kier molecular flexibility index (Phi) is 7.30. The zero-order valence-corrected chi connectivity index (χ0v) is 20.8. The largest absolute Gasteiger partial charge is 0.744 e. The van der Waals surface area contributed by atoms with Crippen LogP contribution in [0.1, 0.15) is 71.5 Å². The molecule has 0 spiro atoms. The predicted molar refractivity (Wildman–Crippen MR) is 129 cm³/mol. The van der Waals surface area contributed by atoms with Crippen LogP contribution in [0.2, 0.25) is 0 Å². The Bertz CT molecular complexity index is 1190. The topological polar surface area (TPSA) is 72.9 Å². The van der Waals surface area contributed by atoms with Crippen LogP contribution >= 0.6 is 0 Å². The van der Waals surface area contributed by atoms with Gasteiger partial charge in [0, 0.05) is 19.6 Å². The van der Waals surface area contributed by atoms with E-state index in [1.54, 1.807) is 0 Å². The van der Waals surface area contributed by atoms with E-state index in [0.717, 1.165) is 30.0 Å². The van der Waals surface area contributed by atoms with Crippen molar-refractivity contribution in [3.05, 3.63) is 69.7 Å². The van der Waals surface area contributed by atoms with Crippen LogP contribution in [0.3, 0.4) is 0 Å². The number of alkyl halides is 3. The second kappa shape index (κ2) is 10.3. The second-order valence-corrected chi connectivity index (χ2v) is 11.5. The van der Waals surface area contributed by atoms with Gasteiger partial charge in [0.25, 0.3) is 5.91 Å². The van der Waals surface area contributed by atoms with Crippen LogP contribution in [0.4, 0.5) is 17.6 Å². The van der Waals surface area contributed by atoms with Gasteiger partial charge in [0.1, 0.15) is 28.7 Å². The van der Waals surface area contributed by atoms with Crippen molar-refractivity contribution in [1.82, 2.24) is 9.37 Å². The monoisotopic (exact) mass is 539 g/mol. The van der Waals surface area contributed by atoms with Gasteiger partial charge in [-0.2, -0.15) is 13.2 Å². The Morgan fingerprint density at radius 3 is 2.38 bits per heavy atom. The van der Waals surface area contributed by atoms with Crippen LogP contribution in [0.5, 0.6) is 5.75 Å². The fourth-order valence-electron chi connectivity index (χ4n) is 4.70. The summed E-state index contributed by atoms with van der Waals surface area (Å²) in [5.74, 6) is -1.94. The number of nitrogens with zero attached hydrogens (tertiary/aromatic N) is 2. The molecule has 2 aromatic carbocycles. The number of ether oxygens (including phenoxy) is 1. The number of hydroxylamine groups is 1. The number of piperidine rings is 1. The number of carbonyl (C=O) groups is 1. The van der Waals surface area contributed by atoms with Gasteiger partial charge in [-0.1, -0.05) is 12.1 Å². The summed E-state index contributed by atoms with van der Waals surface area (Å²) in [6, 6.07) is 7.89. The molecule has 6 nitrogen and oxygen atoms in total. The van der Waals surface area contributed by atoms with Crippen molar-refractivity contribution in [3.8, 4) is 5.75 Å². The summed E-state index contributed by atoms with van der Waals surface area (Å²) < 4.78 is 72.5. The summed E-state index contributed by atoms with van der Waals surface area (Å²) in [5.41, 5.74) is 0.381. The third kappa shape index (κ3) is 5.99. The summed E-state index contributed by atoms with van der Waals surface area (Å²) in [6.07, 6.45) is -0.802. The van der Waals surface area contributed by atoms with E-state index in [-0.39, 0.29) is 33.1 Å². The highest BCUT2D eigenvalue weighted by Gasteiger charge is 2.36. The number of halogens is 4. The molecule has 37 heavy (non-hydrogen) atoms. The van der Waals surface area contributed by atoms with Crippen molar-refractivity contribution in [2.75, 3.05) is 13.1 Å². The average Bonchev–Trinajstić information content (AvgIpc) is 3.77. The fourth-order valence-corrected chi connectivity index (χ4v) is 5.77. The highest BCUT2D eigenvalue weighted by Crippen LogP contribution is 2.43. The zero-order chi connectivity index (χ0) is 26.3. The molecule has 0 N–H and O–H groups in total. The molecule has 200 valence electrons. The number of rotatable bonds is 8. The molecule has 1 amide bonds. The SMILES string of the molecule is O=C(c1cc(C2CC2)c(CN2CCC(Oc3ccccc3C(F)(F)F)CC2)cc1F)N([O-])S(=O)C1CC1. The van der Waals surface area contributed by atoms with Crippen LogP contribution in [0, 0.1) is 11.0 Å². The van der Waals surface area contributed by atoms with E-state index >= 15 is 0 Å². The summed E-state index contributed by atoms with van der Waals surface area (Å²) in [6.45, 7) is 1.53. The zero-order valence-electron chi connectivity index (χ0n) is 20.0. The first-order valence-electron chi connectivity index (χ1n) is 12.4. The van der Waals surface area contributed by atoms with Gasteiger partial charge in [-0.3, -0.25) is 9.69 Å². The van der Waals surface area contributed by atoms with Crippen molar-refractivity contribution in [2.45, 2.75) is 68.5 Å². The first-order valence-corrected chi connectivity index (χ1v) is 13.6. The minimum atomic E-state index is -4.50. The number of hydrogen-bond acceptors (Lipinski definition) is 5. The summed E-state index contributed by atoms with van der Waals surface area (Å²) in [7, 11) is -2.00.